The lowest BCUT2D eigenvalue weighted by molar-refractivity contribution is 0.0952. The molecule has 0 atom stereocenters. The summed E-state index contributed by atoms with van der Waals surface area (Å²) in [6.45, 7) is 8.98. The van der Waals surface area contributed by atoms with Gasteiger partial charge in [0.1, 0.15) is 5.75 Å². The first-order valence-corrected chi connectivity index (χ1v) is 12.4. The molecule has 0 saturated heterocycles. The molecule has 4 rings (SSSR count). The van der Waals surface area contributed by atoms with E-state index in [1.54, 1.807) is 29.7 Å². The second kappa shape index (κ2) is 10.3. The number of aromatic nitrogens is 3. The maximum Gasteiger partial charge on any atom is 0.252 e. The molecule has 0 fully saturated rings. The van der Waals surface area contributed by atoms with Gasteiger partial charge >= 0.3 is 0 Å². The third-order valence-electron chi connectivity index (χ3n) is 5.65. The van der Waals surface area contributed by atoms with Crippen LogP contribution >= 0.6 is 11.3 Å². The lowest BCUT2D eigenvalue weighted by Gasteiger charge is -2.11. The van der Waals surface area contributed by atoms with Crippen molar-refractivity contribution in [2.45, 2.75) is 40.2 Å². The highest BCUT2D eigenvalue weighted by molar-refractivity contribution is 7.12. The fourth-order valence-electron chi connectivity index (χ4n) is 3.94. The van der Waals surface area contributed by atoms with Gasteiger partial charge in [-0.1, -0.05) is 6.07 Å². The molecule has 3 N–H and O–H groups in total. The van der Waals surface area contributed by atoms with Crippen LogP contribution in [0.2, 0.25) is 0 Å². The van der Waals surface area contributed by atoms with Crippen LogP contribution in [-0.4, -0.2) is 44.8 Å². The van der Waals surface area contributed by atoms with Crippen LogP contribution in [0.4, 0.5) is 0 Å². The van der Waals surface area contributed by atoms with Gasteiger partial charge < -0.3 is 15.7 Å². The summed E-state index contributed by atoms with van der Waals surface area (Å²) >= 11 is 1.71. The van der Waals surface area contributed by atoms with Gasteiger partial charge in [-0.05, 0) is 64.4 Å². The minimum Gasteiger partial charge on any atom is -0.508 e. The zero-order chi connectivity index (χ0) is 25.1. The van der Waals surface area contributed by atoms with Crippen molar-refractivity contribution in [3.8, 4) is 17.0 Å². The first-order valence-electron chi connectivity index (χ1n) is 11.6. The van der Waals surface area contributed by atoms with Gasteiger partial charge in [-0.2, -0.15) is 5.10 Å². The van der Waals surface area contributed by atoms with Crippen LogP contribution < -0.4 is 10.6 Å². The Labute approximate surface area is 208 Å². The number of amides is 2. The van der Waals surface area contributed by atoms with Crippen molar-refractivity contribution in [3.05, 3.63) is 63.5 Å². The Balaban J connectivity index is 1.48. The molecule has 0 radical (unpaired) electrons. The number of phenols is 1. The van der Waals surface area contributed by atoms with Crippen LogP contribution in [-0.2, 0) is 0 Å². The number of rotatable bonds is 8. The number of carbonyl (C=O) groups is 2. The normalized spacial score (nSPS) is 11.2. The summed E-state index contributed by atoms with van der Waals surface area (Å²) in [5, 5.41) is 20.5. The average molecular weight is 492 g/mol. The van der Waals surface area contributed by atoms with E-state index in [9.17, 15) is 14.7 Å². The highest BCUT2D eigenvalue weighted by atomic mass is 32.1. The third kappa shape index (κ3) is 5.35. The monoisotopic (exact) mass is 491 g/mol. The predicted molar refractivity (Wildman–Crippen MR) is 138 cm³/mol. The lowest BCUT2D eigenvalue weighted by Crippen LogP contribution is -2.30. The minimum absolute atomic E-state index is 0.0431. The molecule has 9 heteroatoms. The van der Waals surface area contributed by atoms with Crippen LogP contribution in [0.5, 0.6) is 5.75 Å². The number of benzene rings is 1. The van der Waals surface area contributed by atoms with Crippen molar-refractivity contribution in [1.29, 1.82) is 0 Å². The highest BCUT2D eigenvalue weighted by Gasteiger charge is 2.19. The molecule has 0 unspecified atom stereocenters. The van der Waals surface area contributed by atoms with E-state index in [1.165, 1.54) is 17.0 Å². The van der Waals surface area contributed by atoms with Crippen molar-refractivity contribution in [1.82, 2.24) is 25.4 Å². The summed E-state index contributed by atoms with van der Waals surface area (Å²) in [6, 6.07) is 10.2. The lowest BCUT2D eigenvalue weighted by atomic mass is 10.1. The molecule has 0 spiro atoms. The third-order valence-corrected chi connectivity index (χ3v) is 6.62. The van der Waals surface area contributed by atoms with Gasteiger partial charge in [0.25, 0.3) is 11.8 Å². The number of hydrogen-bond acceptors (Lipinski definition) is 6. The molecule has 2 amide bonds. The smallest absolute Gasteiger partial charge is 0.252 e. The quantitative estimate of drug-likeness (QED) is 0.312. The SMILES string of the molecule is Cc1cc(-c2cc(C(=O)NCCCNC(=O)c3cccc(O)c3)c3cnn(C(C)C)c3n2)c(C)s1. The van der Waals surface area contributed by atoms with Crippen molar-refractivity contribution in [2.75, 3.05) is 13.1 Å². The number of carbonyl (C=O) groups excluding carboxylic acids is 2. The number of fused-ring (bicyclic) bond motifs is 1. The first-order chi connectivity index (χ1) is 16.7. The Morgan fingerprint density at radius 3 is 2.49 bits per heavy atom. The van der Waals surface area contributed by atoms with Crippen molar-refractivity contribution >= 4 is 34.2 Å². The van der Waals surface area contributed by atoms with E-state index in [0.717, 1.165) is 16.1 Å². The Morgan fingerprint density at radius 1 is 1.09 bits per heavy atom. The number of aromatic hydroxyl groups is 1. The summed E-state index contributed by atoms with van der Waals surface area (Å²) < 4.78 is 1.83. The Kier molecular flexibility index (Phi) is 7.16. The molecule has 182 valence electrons. The highest BCUT2D eigenvalue weighted by Crippen LogP contribution is 2.32. The number of thiophene rings is 1. The summed E-state index contributed by atoms with van der Waals surface area (Å²) in [4.78, 5) is 32.6. The molecular formula is C26H29N5O3S. The molecule has 3 aromatic heterocycles. The van der Waals surface area contributed by atoms with Crippen LogP contribution in [0.15, 0.2) is 42.6 Å². The van der Waals surface area contributed by atoms with Crippen LogP contribution in [0, 0.1) is 13.8 Å². The number of phenolic OH excluding ortho intramolecular Hbond substituents is 1. The van der Waals surface area contributed by atoms with Crippen molar-refractivity contribution < 1.29 is 14.7 Å². The molecule has 3 heterocycles. The standard InChI is InChI=1S/C26H29N5O3S/c1-15(2)31-24-22(14-29-31)21(13-23(30-24)20-11-16(3)35-17(20)4)26(34)28-10-6-9-27-25(33)18-7-5-8-19(32)12-18/h5,7-8,11-15,32H,6,9-10H2,1-4H3,(H,27,33)(H,28,34). The second-order valence-electron chi connectivity index (χ2n) is 8.72. The number of hydrogen-bond donors (Lipinski definition) is 3. The van der Waals surface area contributed by atoms with Gasteiger partial charge in [-0.15, -0.1) is 11.3 Å². The number of aryl methyl sites for hydroxylation is 2. The molecule has 1 aromatic carbocycles. The number of nitrogens with zero attached hydrogens (tertiary/aromatic N) is 3. The molecule has 0 aliphatic carbocycles. The topological polar surface area (TPSA) is 109 Å². The molecule has 0 bridgehead atoms. The zero-order valence-corrected chi connectivity index (χ0v) is 21.1. The van der Waals surface area contributed by atoms with Gasteiger partial charge in [0.2, 0.25) is 0 Å². The van der Waals surface area contributed by atoms with E-state index in [0.29, 0.717) is 41.7 Å². The zero-order valence-electron chi connectivity index (χ0n) is 20.3. The van der Waals surface area contributed by atoms with E-state index in [1.807, 2.05) is 24.6 Å². The van der Waals surface area contributed by atoms with Crippen LogP contribution in [0.1, 0.15) is 56.8 Å². The van der Waals surface area contributed by atoms with Gasteiger partial charge in [-0.3, -0.25) is 9.59 Å². The summed E-state index contributed by atoms with van der Waals surface area (Å²) in [5.74, 6) is -0.428. The molecule has 35 heavy (non-hydrogen) atoms. The van der Waals surface area contributed by atoms with Crippen LogP contribution in [0.25, 0.3) is 22.3 Å². The van der Waals surface area contributed by atoms with E-state index < -0.39 is 0 Å². The Hall–Kier alpha value is -3.72. The predicted octanol–water partition coefficient (Wildman–Crippen LogP) is 4.61. The molecule has 4 aromatic rings. The summed E-state index contributed by atoms with van der Waals surface area (Å²) in [7, 11) is 0. The first kappa shape index (κ1) is 24.4. The van der Waals surface area contributed by atoms with Gasteiger partial charge in [-0.25, -0.2) is 9.67 Å². The fourth-order valence-corrected chi connectivity index (χ4v) is 4.88. The molecule has 0 aliphatic rings. The fraction of sp³-hybridized carbons (Fsp3) is 0.308. The van der Waals surface area contributed by atoms with Gasteiger partial charge in [0.05, 0.1) is 22.8 Å². The van der Waals surface area contributed by atoms with E-state index in [-0.39, 0.29) is 23.6 Å². The number of nitrogens with one attached hydrogen (secondary N) is 2. The second-order valence-corrected chi connectivity index (χ2v) is 10.2. The maximum atomic E-state index is 13.2. The largest absolute Gasteiger partial charge is 0.508 e. The van der Waals surface area contributed by atoms with E-state index in [4.69, 9.17) is 4.98 Å². The maximum absolute atomic E-state index is 13.2. The molecular weight excluding hydrogens is 462 g/mol. The van der Waals surface area contributed by atoms with Crippen LogP contribution in [0.3, 0.4) is 0 Å². The molecule has 0 saturated carbocycles. The van der Waals surface area contributed by atoms with Crippen molar-refractivity contribution in [3.63, 3.8) is 0 Å². The average Bonchev–Trinajstić information content (AvgIpc) is 3.40. The van der Waals surface area contributed by atoms with Gasteiger partial charge in [0, 0.05) is 40.0 Å². The van der Waals surface area contributed by atoms with E-state index in [2.05, 4.69) is 35.6 Å². The molecule has 0 aliphatic heterocycles. The Morgan fingerprint density at radius 2 is 1.83 bits per heavy atom. The van der Waals surface area contributed by atoms with Gasteiger partial charge in [0.15, 0.2) is 5.65 Å². The van der Waals surface area contributed by atoms with Crippen molar-refractivity contribution in [2.24, 2.45) is 0 Å². The molecule has 8 nitrogen and oxygen atoms in total. The van der Waals surface area contributed by atoms with E-state index >= 15 is 0 Å². The Bertz CT molecular complexity index is 1390. The summed E-state index contributed by atoms with van der Waals surface area (Å²) in [5.41, 5.74) is 3.38. The minimum atomic E-state index is -0.268. The summed E-state index contributed by atoms with van der Waals surface area (Å²) in [6.07, 6.45) is 2.26. The number of pyridine rings is 1.